The van der Waals surface area contributed by atoms with E-state index in [0.717, 1.165) is 30.7 Å². The Hall–Kier alpha value is -1.84. The van der Waals surface area contributed by atoms with Crippen LogP contribution in [0, 0.1) is 0 Å². The van der Waals surface area contributed by atoms with Crippen LogP contribution in [-0.2, 0) is 10.0 Å². The molecule has 1 aromatic carbocycles. The van der Waals surface area contributed by atoms with E-state index >= 15 is 0 Å². The smallest absolute Gasteiger partial charge is 0.257 e. The number of aromatic nitrogens is 2. The highest BCUT2D eigenvalue weighted by Gasteiger charge is 2.27. The molecule has 0 saturated carbocycles. The van der Waals surface area contributed by atoms with Crippen LogP contribution in [-0.4, -0.2) is 41.9 Å². The number of hydrogen-bond donors (Lipinski definition) is 1. The normalized spacial score (nSPS) is 16.4. The maximum absolute atomic E-state index is 12.7. The summed E-state index contributed by atoms with van der Waals surface area (Å²) in [6, 6.07) is 6.14. The molecule has 7 nitrogen and oxygen atoms in total. The molecule has 3 rings (SSSR count). The van der Waals surface area contributed by atoms with Crippen molar-refractivity contribution in [3.63, 3.8) is 0 Å². The Morgan fingerprint density at radius 2 is 2.04 bits per heavy atom. The molecule has 1 amide bonds. The average Bonchev–Trinajstić information content (AvgIpc) is 3.34. The fourth-order valence-corrected chi connectivity index (χ4v) is 5.47. The maximum atomic E-state index is 12.7. The first-order valence-corrected chi connectivity index (χ1v) is 11.4. The van der Waals surface area contributed by atoms with Crippen LogP contribution in [0.15, 0.2) is 29.2 Å². The van der Waals surface area contributed by atoms with E-state index in [-0.39, 0.29) is 16.4 Å². The molecule has 1 unspecified atom stereocenters. The second-order valence-electron chi connectivity index (χ2n) is 6.73. The van der Waals surface area contributed by atoms with Crippen molar-refractivity contribution in [1.82, 2.24) is 14.5 Å². The minimum Gasteiger partial charge on any atom is -0.296 e. The monoisotopic (exact) mass is 408 g/mol. The number of sulfonamides is 1. The predicted molar refractivity (Wildman–Crippen MR) is 106 cm³/mol. The molecule has 1 aromatic heterocycles. The minimum absolute atomic E-state index is 0.145. The van der Waals surface area contributed by atoms with Gasteiger partial charge in [0.2, 0.25) is 15.2 Å². The molecule has 1 aliphatic rings. The first-order chi connectivity index (χ1) is 12.9. The summed E-state index contributed by atoms with van der Waals surface area (Å²) in [5.74, 6) is -0.0913. The van der Waals surface area contributed by atoms with Crippen molar-refractivity contribution >= 4 is 32.4 Å². The summed E-state index contributed by atoms with van der Waals surface area (Å²) >= 11 is 1.35. The van der Waals surface area contributed by atoms with E-state index in [1.54, 1.807) is 12.1 Å². The summed E-state index contributed by atoms with van der Waals surface area (Å²) in [7, 11) is -3.55. The van der Waals surface area contributed by atoms with E-state index in [0.29, 0.717) is 24.1 Å². The SMILES string of the molecule is CCCC(C)c1nnc(NC(=O)c2cccc(S(=O)(=O)N3CCCC3)c2)s1. The molecule has 2 aromatic rings. The van der Waals surface area contributed by atoms with Gasteiger partial charge >= 0.3 is 0 Å². The number of carbonyl (C=O) groups is 1. The van der Waals surface area contributed by atoms with Crippen molar-refractivity contribution in [3.8, 4) is 0 Å². The number of hydrogen-bond acceptors (Lipinski definition) is 6. The Kier molecular flexibility index (Phi) is 6.23. The van der Waals surface area contributed by atoms with Crippen molar-refractivity contribution < 1.29 is 13.2 Å². The Balaban J connectivity index is 1.74. The second kappa shape index (κ2) is 8.45. The molecule has 0 spiro atoms. The van der Waals surface area contributed by atoms with E-state index in [1.165, 1.54) is 27.8 Å². The number of amides is 1. The van der Waals surface area contributed by atoms with Gasteiger partial charge in [0, 0.05) is 24.6 Å². The van der Waals surface area contributed by atoms with Gasteiger partial charge in [-0.25, -0.2) is 8.42 Å². The minimum atomic E-state index is -3.55. The van der Waals surface area contributed by atoms with Crippen LogP contribution in [0.3, 0.4) is 0 Å². The quantitative estimate of drug-likeness (QED) is 0.757. The van der Waals surface area contributed by atoms with Crippen LogP contribution in [0.4, 0.5) is 5.13 Å². The molecule has 1 saturated heterocycles. The van der Waals surface area contributed by atoms with Gasteiger partial charge in [-0.3, -0.25) is 10.1 Å². The summed E-state index contributed by atoms with van der Waals surface area (Å²) in [4.78, 5) is 12.7. The fraction of sp³-hybridized carbons (Fsp3) is 0.500. The molecule has 2 heterocycles. The molecule has 9 heteroatoms. The van der Waals surface area contributed by atoms with Gasteiger partial charge in [0.1, 0.15) is 5.01 Å². The predicted octanol–water partition coefficient (Wildman–Crippen LogP) is 3.48. The van der Waals surface area contributed by atoms with Gasteiger partial charge < -0.3 is 0 Å². The zero-order chi connectivity index (χ0) is 19.4. The van der Waals surface area contributed by atoms with Crippen LogP contribution in [0.5, 0.6) is 0 Å². The van der Waals surface area contributed by atoms with E-state index in [2.05, 4.69) is 29.4 Å². The lowest BCUT2D eigenvalue weighted by atomic mass is 10.1. The summed E-state index contributed by atoms with van der Waals surface area (Å²) < 4.78 is 26.8. The van der Waals surface area contributed by atoms with Crippen LogP contribution in [0.1, 0.15) is 60.8 Å². The van der Waals surface area contributed by atoms with Gasteiger partial charge in [-0.05, 0) is 37.5 Å². The van der Waals surface area contributed by atoms with Gasteiger partial charge in [0.15, 0.2) is 0 Å². The zero-order valence-corrected chi connectivity index (χ0v) is 17.1. The molecule has 0 bridgehead atoms. The molecule has 1 atom stereocenters. The molecule has 1 N–H and O–H groups in total. The van der Waals surface area contributed by atoms with Crippen molar-refractivity contribution in [2.45, 2.75) is 50.3 Å². The highest BCUT2D eigenvalue weighted by molar-refractivity contribution is 7.89. The zero-order valence-electron chi connectivity index (χ0n) is 15.5. The van der Waals surface area contributed by atoms with Gasteiger partial charge in [-0.2, -0.15) is 4.31 Å². The van der Waals surface area contributed by atoms with Crippen molar-refractivity contribution in [2.24, 2.45) is 0 Å². The van der Waals surface area contributed by atoms with Crippen molar-refractivity contribution in [3.05, 3.63) is 34.8 Å². The number of rotatable bonds is 7. The third kappa shape index (κ3) is 4.53. The summed E-state index contributed by atoms with van der Waals surface area (Å²) in [5, 5.41) is 12.2. The molecular weight excluding hydrogens is 384 g/mol. The first kappa shape index (κ1) is 19.9. The highest BCUT2D eigenvalue weighted by atomic mass is 32.2. The second-order valence-corrected chi connectivity index (χ2v) is 9.68. The largest absolute Gasteiger partial charge is 0.296 e. The lowest BCUT2D eigenvalue weighted by Gasteiger charge is -2.15. The maximum Gasteiger partial charge on any atom is 0.257 e. The van der Waals surface area contributed by atoms with E-state index in [4.69, 9.17) is 0 Å². The number of benzene rings is 1. The molecule has 146 valence electrons. The van der Waals surface area contributed by atoms with Crippen molar-refractivity contribution in [1.29, 1.82) is 0 Å². The average molecular weight is 409 g/mol. The lowest BCUT2D eigenvalue weighted by molar-refractivity contribution is 0.102. The summed E-state index contributed by atoms with van der Waals surface area (Å²) in [5.41, 5.74) is 0.286. The first-order valence-electron chi connectivity index (χ1n) is 9.16. The van der Waals surface area contributed by atoms with Crippen LogP contribution >= 0.6 is 11.3 Å². The molecule has 0 aliphatic carbocycles. The fourth-order valence-electron chi connectivity index (χ4n) is 3.09. The molecular formula is C18H24N4O3S2. The lowest BCUT2D eigenvalue weighted by Crippen LogP contribution is -2.28. The summed E-state index contributed by atoms with van der Waals surface area (Å²) in [6.45, 7) is 5.26. The number of nitrogens with zero attached hydrogens (tertiary/aromatic N) is 3. The Morgan fingerprint density at radius 3 is 2.74 bits per heavy atom. The van der Waals surface area contributed by atoms with Crippen LogP contribution in [0.2, 0.25) is 0 Å². The third-order valence-electron chi connectivity index (χ3n) is 4.60. The topological polar surface area (TPSA) is 92.3 Å². The third-order valence-corrected chi connectivity index (χ3v) is 7.57. The number of nitrogens with one attached hydrogen (secondary N) is 1. The molecule has 27 heavy (non-hydrogen) atoms. The highest BCUT2D eigenvalue weighted by Crippen LogP contribution is 2.27. The van der Waals surface area contributed by atoms with Crippen molar-refractivity contribution in [2.75, 3.05) is 18.4 Å². The molecule has 1 aliphatic heterocycles. The van der Waals surface area contributed by atoms with E-state index < -0.39 is 10.0 Å². The van der Waals surface area contributed by atoms with E-state index in [1.807, 2.05) is 0 Å². The van der Waals surface area contributed by atoms with Gasteiger partial charge in [0.25, 0.3) is 5.91 Å². The van der Waals surface area contributed by atoms with Gasteiger partial charge in [0.05, 0.1) is 4.90 Å². The number of carbonyl (C=O) groups excluding carboxylic acids is 1. The van der Waals surface area contributed by atoms with Gasteiger partial charge in [-0.15, -0.1) is 10.2 Å². The van der Waals surface area contributed by atoms with Crippen LogP contribution < -0.4 is 5.32 Å². The Bertz CT molecular complexity index is 905. The van der Waals surface area contributed by atoms with Crippen LogP contribution in [0.25, 0.3) is 0 Å². The Labute approximate surface area is 163 Å². The van der Waals surface area contributed by atoms with Gasteiger partial charge in [-0.1, -0.05) is 37.7 Å². The standard InChI is InChI=1S/C18H24N4O3S2/c1-3-7-13(2)17-20-21-18(26-17)19-16(23)14-8-6-9-15(12-14)27(24,25)22-10-4-5-11-22/h6,8-9,12-13H,3-5,7,10-11H2,1-2H3,(H,19,21,23). The molecule has 0 radical (unpaired) electrons. The Morgan fingerprint density at radius 1 is 1.30 bits per heavy atom. The molecule has 1 fully saturated rings. The van der Waals surface area contributed by atoms with E-state index in [9.17, 15) is 13.2 Å². The summed E-state index contributed by atoms with van der Waals surface area (Å²) in [6.07, 6.45) is 3.81. The number of anilines is 1.